The topological polar surface area (TPSA) is 56.2 Å². The van der Waals surface area contributed by atoms with Crippen LogP contribution in [0.25, 0.3) is 0 Å². The van der Waals surface area contributed by atoms with Gasteiger partial charge in [0.05, 0.1) is 11.0 Å². The molecule has 3 fully saturated rings. The highest BCUT2D eigenvalue weighted by atomic mass is 16.5. The van der Waals surface area contributed by atoms with Gasteiger partial charge in [0.25, 0.3) is 0 Å². The fraction of sp³-hybridized carbons (Fsp3) is 0.714. The average Bonchev–Trinajstić information content (AvgIpc) is 3.37. The molecule has 6 rings (SSSR count). The number of aliphatic hydroxyl groups is 1. The minimum atomic E-state index is -0.776. The lowest BCUT2D eigenvalue weighted by atomic mass is 9.52. The van der Waals surface area contributed by atoms with E-state index < -0.39 is 5.60 Å². The Morgan fingerprint density at radius 3 is 2.88 bits per heavy atom. The summed E-state index contributed by atoms with van der Waals surface area (Å²) in [6.45, 7) is 3.87. The molecular formula is C21H28N2O3. The molecule has 5 aliphatic rings. The van der Waals surface area contributed by atoms with E-state index in [1.54, 1.807) is 6.07 Å². The van der Waals surface area contributed by atoms with Gasteiger partial charge >= 0.3 is 0 Å². The van der Waals surface area contributed by atoms with E-state index in [0.717, 1.165) is 56.9 Å². The lowest BCUT2D eigenvalue weighted by Crippen LogP contribution is -2.74. The molecule has 3 aliphatic heterocycles. The number of piperidine rings is 1. The number of phenols is 1. The third-order valence-corrected chi connectivity index (χ3v) is 7.99. The predicted octanol–water partition coefficient (Wildman–Crippen LogP) is 1.50. The van der Waals surface area contributed by atoms with Crippen LogP contribution in [-0.2, 0) is 11.8 Å². The number of hydrogen-bond acceptors (Lipinski definition) is 5. The molecule has 1 spiro atoms. The van der Waals surface area contributed by atoms with E-state index in [9.17, 15) is 10.2 Å². The van der Waals surface area contributed by atoms with Crippen LogP contribution in [0, 0.1) is 5.92 Å². The van der Waals surface area contributed by atoms with E-state index >= 15 is 0 Å². The highest BCUT2D eigenvalue weighted by Gasteiger charge is 2.70. The van der Waals surface area contributed by atoms with E-state index in [0.29, 0.717) is 5.75 Å². The van der Waals surface area contributed by atoms with E-state index in [4.69, 9.17) is 4.74 Å². The summed E-state index contributed by atoms with van der Waals surface area (Å²) < 4.78 is 6.38. The Kier molecular flexibility index (Phi) is 2.99. The minimum absolute atomic E-state index is 0.0760. The van der Waals surface area contributed by atoms with Crippen LogP contribution >= 0.6 is 0 Å². The predicted molar refractivity (Wildman–Crippen MR) is 97.7 cm³/mol. The Hall–Kier alpha value is -1.30. The monoisotopic (exact) mass is 356 g/mol. The second-order valence-electron chi connectivity index (χ2n) is 9.37. The van der Waals surface area contributed by atoms with Crippen LogP contribution in [0.2, 0.25) is 0 Å². The van der Waals surface area contributed by atoms with E-state index in [-0.39, 0.29) is 23.3 Å². The highest BCUT2D eigenvalue weighted by molar-refractivity contribution is 5.62. The van der Waals surface area contributed by atoms with Gasteiger partial charge < -0.3 is 19.8 Å². The van der Waals surface area contributed by atoms with Crippen LogP contribution in [0.3, 0.4) is 0 Å². The quantitative estimate of drug-likeness (QED) is 0.841. The van der Waals surface area contributed by atoms with Crippen molar-refractivity contribution in [2.75, 3.05) is 33.2 Å². The Bertz CT molecular complexity index is 779. The molecule has 5 heteroatoms. The summed E-state index contributed by atoms with van der Waals surface area (Å²) in [5, 5.41) is 22.7. The third-order valence-electron chi connectivity index (χ3n) is 7.99. The van der Waals surface area contributed by atoms with Gasteiger partial charge in [-0.05, 0) is 63.2 Å². The summed E-state index contributed by atoms with van der Waals surface area (Å²) in [4.78, 5) is 4.87. The first-order valence-electron chi connectivity index (χ1n) is 10.2. The number of likely N-dealkylation sites (N-methyl/N-ethyl adjacent to an activating group) is 1. The third kappa shape index (κ3) is 1.77. The zero-order valence-corrected chi connectivity index (χ0v) is 15.4. The van der Waals surface area contributed by atoms with E-state index in [2.05, 4.69) is 22.9 Å². The molecule has 2 aliphatic carbocycles. The molecule has 0 radical (unpaired) electrons. The number of aromatic hydroxyl groups is 1. The number of nitrogens with zero attached hydrogens (tertiary/aromatic N) is 2. The van der Waals surface area contributed by atoms with Gasteiger partial charge in [0.1, 0.15) is 6.10 Å². The van der Waals surface area contributed by atoms with Crippen molar-refractivity contribution in [2.45, 2.75) is 55.3 Å². The van der Waals surface area contributed by atoms with Crippen molar-refractivity contribution >= 4 is 0 Å². The summed E-state index contributed by atoms with van der Waals surface area (Å²) >= 11 is 0. The van der Waals surface area contributed by atoms with Gasteiger partial charge in [-0.25, -0.2) is 0 Å². The second kappa shape index (κ2) is 4.94. The number of hydrogen-bond donors (Lipinski definition) is 2. The summed E-state index contributed by atoms with van der Waals surface area (Å²) in [5.41, 5.74) is 1.26. The molecule has 2 N–H and O–H groups in total. The van der Waals surface area contributed by atoms with E-state index in [1.165, 1.54) is 18.4 Å². The van der Waals surface area contributed by atoms with Crippen LogP contribution < -0.4 is 4.74 Å². The maximum atomic E-state index is 12.3. The molecule has 0 amide bonds. The summed E-state index contributed by atoms with van der Waals surface area (Å²) in [7, 11) is 2.12. The highest BCUT2D eigenvalue weighted by Crippen LogP contribution is 2.63. The lowest BCUT2D eigenvalue weighted by Gasteiger charge is -2.60. The lowest BCUT2D eigenvalue weighted by molar-refractivity contribution is -0.162. The molecular weight excluding hydrogens is 328 g/mol. The number of rotatable bonds is 2. The van der Waals surface area contributed by atoms with Gasteiger partial charge in [0.2, 0.25) is 0 Å². The van der Waals surface area contributed by atoms with Gasteiger partial charge in [-0.1, -0.05) is 6.07 Å². The first-order chi connectivity index (χ1) is 12.5. The van der Waals surface area contributed by atoms with Crippen LogP contribution in [0.1, 0.15) is 36.8 Å². The van der Waals surface area contributed by atoms with Gasteiger partial charge in [0, 0.05) is 31.2 Å². The molecule has 3 unspecified atom stereocenters. The Morgan fingerprint density at radius 1 is 1.23 bits per heavy atom. The molecule has 1 aromatic rings. The van der Waals surface area contributed by atoms with Crippen molar-refractivity contribution in [3.05, 3.63) is 23.3 Å². The van der Waals surface area contributed by atoms with Gasteiger partial charge in [-0.3, -0.25) is 4.90 Å². The molecule has 2 saturated heterocycles. The molecule has 4 atom stereocenters. The smallest absolute Gasteiger partial charge is 0.165 e. The van der Waals surface area contributed by atoms with Gasteiger partial charge in [-0.15, -0.1) is 0 Å². The van der Waals surface area contributed by atoms with Crippen LogP contribution in [0.15, 0.2) is 12.1 Å². The van der Waals surface area contributed by atoms with Crippen molar-refractivity contribution in [1.82, 2.24) is 9.80 Å². The Labute approximate surface area is 154 Å². The standard InChI is InChI=1S/C21H28N2O3/c1-22-8-7-21(25)16-10-14-4-5-15(24)19-18(14)20(21,17(12-22)26-19)6-9-23(16)11-13-2-3-13/h4-5,13,16-17,24-25H,2-3,6-12H2,1H3/t16?,17-,20?,21?/m0/s1. The normalized spacial score (nSPS) is 41.5. The molecule has 26 heavy (non-hydrogen) atoms. The minimum Gasteiger partial charge on any atom is -0.504 e. The Morgan fingerprint density at radius 2 is 2.08 bits per heavy atom. The Balaban J connectivity index is 1.56. The number of phenolic OH excluding ortho intramolecular Hbond substituents is 1. The molecule has 1 aromatic carbocycles. The second-order valence-corrected chi connectivity index (χ2v) is 9.37. The van der Waals surface area contributed by atoms with Crippen molar-refractivity contribution in [1.29, 1.82) is 0 Å². The first kappa shape index (κ1) is 15.7. The largest absolute Gasteiger partial charge is 0.504 e. The zero-order valence-electron chi connectivity index (χ0n) is 15.4. The van der Waals surface area contributed by atoms with Crippen LogP contribution in [-0.4, -0.2) is 71.0 Å². The SMILES string of the molecule is CN1CCC2(O)C3Cc4ccc(O)c5c4C2(CCN3CC2CC2)[C@H](C1)O5. The molecule has 5 nitrogen and oxygen atoms in total. The molecule has 2 bridgehead atoms. The van der Waals surface area contributed by atoms with Gasteiger partial charge in [-0.2, -0.15) is 0 Å². The van der Waals surface area contributed by atoms with Crippen LogP contribution in [0.4, 0.5) is 0 Å². The van der Waals surface area contributed by atoms with Crippen molar-refractivity contribution in [3.8, 4) is 11.5 Å². The van der Waals surface area contributed by atoms with Gasteiger partial charge in [0.15, 0.2) is 11.5 Å². The fourth-order valence-corrected chi connectivity index (χ4v) is 6.54. The van der Waals surface area contributed by atoms with Crippen LogP contribution in [0.5, 0.6) is 11.5 Å². The number of ether oxygens (including phenoxy) is 1. The fourth-order valence-electron chi connectivity index (χ4n) is 6.54. The molecule has 0 aromatic heterocycles. The van der Waals surface area contributed by atoms with Crippen molar-refractivity contribution in [2.24, 2.45) is 5.92 Å². The summed E-state index contributed by atoms with van der Waals surface area (Å²) in [5.74, 6) is 1.71. The van der Waals surface area contributed by atoms with Crippen molar-refractivity contribution in [3.63, 3.8) is 0 Å². The van der Waals surface area contributed by atoms with Crippen molar-refractivity contribution < 1.29 is 14.9 Å². The first-order valence-corrected chi connectivity index (χ1v) is 10.2. The summed E-state index contributed by atoms with van der Waals surface area (Å²) in [6.07, 6.45) is 5.19. The number of benzene rings is 1. The molecule has 140 valence electrons. The average molecular weight is 356 g/mol. The van der Waals surface area contributed by atoms with E-state index in [1.807, 2.05) is 0 Å². The zero-order chi connectivity index (χ0) is 17.7. The summed E-state index contributed by atoms with van der Waals surface area (Å²) in [6, 6.07) is 4.02. The number of likely N-dealkylation sites (tertiary alicyclic amines) is 2. The molecule has 3 heterocycles. The molecule has 1 saturated carbocycles. The maximum Gasteiger partial charge on any atom is 0.165 e. The maximum absolute atomic E-state index is 12.3.